The van der Waals surface area contributed by atoms with E-state index in [-0.39, 0.29) is 6.61 Å². The summed E-state index contributed by atoms with van der Waals surface area (Å²) in [6.45, 7) is 6.52. The first-order chi connectivity index (χ1) is 12.2. The van der Waals surface area contributed by atoms with Crippen molar-refractivity contribution in [2.75, 3.05) is 33.9 Å². The fourth-order valence-electron chi connectivity index (χ4n) is 2.76. The van der Waals surface area contributed by atoms with Gasteiger partial charge in [-0.3, -0.25) is 0 Å². The monoisotopic (exact) mass is 351 g/mol. The van der Waals surface area contributed by atoms with Crippen LogP contribution in [0.1, 0.15) is 38.7 Å². The van der Waals surface area contributed by atoms with Crippen molar-refractivity contribution < 1.29 is 14.6 Å². The van der Waals surface area contributed by atoms with Crippen molar-refractivity contribution in [1.82, 2.24) is 10.6 Å². The molecule has 0 amide bonds. The number of aliphatic hydroxyl groups is 1. The Bertz CT molecular complexity index is 515. The maximum Gasteiger partial charge on any atom is 0.191 e. The van der Waals surface area contributed by atoms with Gasteiger partial charge in [0.25, 0.3) is 0 Å². The van der Waals surface area contributed by atoms with E-state index >= 15 is 0 Å². The van der Waals surface area contributed by atoms with E-state index in [0.29, 0.717) is 24.0 Å². The van der Waals surface area contributed by atoms with Gasteiger partial charge in [-0.05, 0) is 31.7 Å². The average Bonchev–Trinajstić information content (AvgIpc) is 2.63. The van der Waals surface area contributed by atoms with E-state index in [1.54, 1.807) is 14.2 Å². The largest absolute Gasteiger partial charge is 0.493 e. The number of ether oxygens (including phenoxy) is 2. The van der Waals surface area contributed by atoms with Crippen LogP contribution < -0.4 is 20.1 Å². The van der Waals surface area contributed by atoms with Crippen LogP contribution in [-0.4, -0.2) is 45.0 Å². The van der Waals surface area contributed by atoms with E-state index in [4.69, 9.17) is 9.47 Å². The second-order valence-electron chi connectivity index (χ2n) is 5.90. The van der Waals surface area contributed by atoms with Gasteiger partial charge < -0.3 is 25.2 Å². The first-order valence-electron chi connectivity index (χ1n) is 9.02. The molecule has 0 saturated carbocycles. The van der Waals surface area contributed by atoms with Crippen LogP contribution in [0, 0.1) is 5.92 Å². The molecule has 6 heteroatoms. The zero-order valence-electron chi connectivity index (χ0n) is 16.0. The van der Waals surface area contributed by atoms with E-state index in [0.717, 1.165) is 43.9 Å². The summed E-state index contributed by atoms with van der Waals surface area (Å²) in [5.74, 6) is 2.64. The van der Waals surface area contributed by atoms with Crippen LogP contribution in [-0.2, 0) is 6.54 Å². The summed E-state index contributed by atoms with van der Waals surface area (Å²) in [5, 5.41) is 15.8. The highest BCUT2D eigenvalue weighted by Crippen LogP contribution is 2.31. The molecule has 0 heterocycles. The maximum atomic E-state index is 9.19. The van der Waals surface area contributed by atoms with Gasteiger partial charge in [0.15, 0.2) is 17.5 Å². The van der Waals surface area contributed by atoms with Crippen LogP contribution in [0.25, 0.3) is 0 Å². The minimum atomic E-state index is 0.223. The topological polar surface area (TPSA) is 75.1 Å². The van der Waals surface area contributed by atoms with Crippen molar-refractivity contribution in [3.63, 3.8) is 0 Å². The summed E-state index contributed by atoms with van der Waals surface area (Å²) >= 11 is 0. The lowest BCUT2D eigenvalue weighted by Crippen LogP contribution is -2.40. The molecule has 0 saturated heterocycles. The molecule has 25 heavy (non-hydrogen) atoms. The standard InChI is InChI=1S/C19H33N3O3/c1-5-8-15(11-12-23)13-21-19(20-6-2)22-14-16-9-7-10-17(24-3)18(16)25-4/h7,9-10,15,23H,5-6,8,11-14H2,1-4H3,(H2,20,21,22). The Morgan fingerprint density at radius 3 is 2.56 bits per heavy atom. The molecule has 0 aliphatic heterocycles. The van der Waals surface area contributed by atoms with E-state index in [9.17, 15) is 5.11 Å². The molecule has 0 bridgehead atoms. The van der Waals surface area contributed by atoms with E-state index < -0.39 is 0 Å². The van der Waals surface area contributed by atoms with Gasteiger partial charge in [-0.2, -0.15) is 0 Å². The number of hydrogen-bond donors (Lipinski definition) is 3. The molecule has 0 radical (unpaired) electrons. The number of nitrogens with zero attached hydrogens (tertiary/aromatic N) is 1. The Morgan fingerprint density at radius 2 is 1.96 bits per heavy atom. The van der Waals surface area contributed by atoms with Crippen molar-refractivity contribution in [3.8, 4) is 11.5 Å². The molecule has 1 unspecified atom stereocenters. The highest BCUT2D eigenvalue weighted by molar-refractivity contribution is 5.79. The molecule has 0 fully saturated rings. The molecule has 6 nitrogen and oxygen atoms in total. The van der Waals surface area contributed by atoms with Gasteiger partial charge in [0.1, 0.15) is 0 Å². The zero-order chi connectivity index (χ0) is 18.5. The molecule has 0 aromatic heterocycles. The molecular formula is C19H33N3O3. The third-order valence-electron chi connectivity index (χ3n) is 4.03. The molecule has 0 aliphatic rings. The number of aliphatic imine (C=N–C) groups is 1. The van der Waals surface area contributed by atoms with Crippen molar-refractivity contribution >= 4 is 5.96 Å². The van der Waals surface area contributed by atoms with E-state index in [2.05, 4.69) is 22.5 Å². The first kappa shape index (κ1) is 21.1. The average molecular weight is 351 g/mol. The van der Waals surface area contributed by atoms with Gasteiger partial charge in [-0.25, -0.2) is 4.99 Å². The van der Waals surface area contributed by atoms with E-state index in [1.165, 1.54) is 0 Å². The lowest BCUT2D eigenvalue weighted by Gasteiger charge is -2.18. The number of rotatable bonds is 11. The Balaban J connectivity index is 2.78. The summed E-state index contributed by atoms with van der Waals surface area (Å²) in [4.78, 5) is 4.66. The number of para-hydroxylation sites is 1. The second kappa shape index (κ2) is 12.4. The van der Waals surface area contributed by atoms with Crippen LogP contribution in [0.15, 0.2) is 23.2 Å². The summed E-state index contributed by atoms with van der Waals surface area (Å²) in [6.07, 6.45) is 3.02. The van der Waals surface area contributed by atoms with Crippen LogP contribution in [0.4, 0.5) is 0 Å². The molecular weight excluding hydrogens is 318 g/mol. The molecule has 0 spiro atoms. The Labute approximate surface area is 151 Å². The summed E-state index contributed by atoms with van der Waals surface area (Å²) in [5.41, 5.74) is 0.972. The SMILES string of the molecule is CCCC(CCO)CNC(=NCc1cccc(OC)c1OC)NCC. The number of nitrogens with one attached hydrogen (secondary N) is 2. The predicted octanol–water partition coefficient (Wildman–Crippen LogP) is 2.56. The number of hydrogen-bond acceptors (Lipinski definition) is 4. The fraction of sp³-hybridized carbons (Fsp3) is 0.632. The van der Waals surface area contributed by atoms with Gasteiger partial charge in [0, 0.05) is 25.3 Å². The maximum absolute atomic E-state index is 9.19. The van der Waals surface area contributed by atoms with Gasteiger partial charge >= 0.3 is 0 Å². The normalized spacial score (nSPS) is 12.6. The smallest absolute Gasteiger partial charge is 0.191 e. The number of benzene rings is 1. The molecule has 1 atom stereocenters. The summed E-state index contributed by atoms with van der Waals surface area (Å²) < 4.78 is 10.8. The zero-order valence-corrected chi connectivity index (χ0v) is 16.0. The highest BCUT2D eigenvalue weighted by Gasteiger charge is 2.11. The molecule has 1 aromatic rings. The third-order valence-corrected chi connectivity index (χ3v) is 4.03. The minimum Gasteiger partial charge on any atom is -0.493 e. The first-order valence-corrected chi connectivity index (χ1v) is 9.02. The molecule has 142 valence electrons. The van der Waals surface area contributed by atoms with Crippen LogP contribution in [0.3, 0.4) is 0 Å². The van der Waals surface area contributed by atoms with Crippen molar-refractivity contribution in [3.05, 3.63) is 23.8 Å². The van der Waals surface area contributed by atoms with Crippen molar-refractivity contribution in [2.45, 2.75) is 39.7 Å². The van der Waals surface area contributed by atoms with Gasteiger partial charge in [0.2, 0.25) is 0 Å². The van der Waals surface area contributed by atoms with Gasteiger partial charge in [-0.15, -0.1) is 0 Å². The Kier molecular flexibility index (Phi) is 10.5. The van der Waals surface area contributed by atoms with E-state index in [1.807, 2.05) is 25.1 Å². The van der Waals surface area contributed by atoms with Gasteiger partial charge in [-0.1, -0.05) is 25.5 Å². The third kappa shape index (κ3) is 7.22. The second-order valence-corrected chi connectivity index (χ2v) is 5.90. The Morgan fingerprint density at radius 1 is 1.16 bits per heavy atom. The minimum absolute atomic E-state index is 0.223. The van der Waals surface area contributed by atoms with Crippen molar-refractivity contribution in [2.24, 2.45) is 10.9 Å². The number of aliphatic hydroxyl groups excluding tert-OH is 1. The number of guanidine groups is 1. The van der Waals surface area contributed by atoms with Crippen LogP contribution >= 0.6 is 0 Å². The predicted molar refractivity (Wildman–Crippen MR) is 102 cm³/mol. The van der Waals surface area contributed by atoms with Crippen molar-refractivity contribution in [1.29, 1.82) is 0 Å². The Hall–Kier alpha value is -1.95. The van der Waals surface area contributed by atoms with Crippen LogP contribution in [0.5, 0.6) is 11.5 Å². The van der Waals surface area contributed by atoms with Crippen LogP contribution in [0.2, 0.25) is 0 Å². The highest BCUT2D eigenvalue weighted by atomic mass is 16.5. The summed E-state index contributed by atoms with van der Waals surface area (Å²) in [7, 11) is 3.27. The molecule has 1 rings (SSSR count). The quantitative estimate of drug-likeness (QED) is 0.422. The number of methoxy groups -OCH3 is 2. The fourth-order valence-corrected chi connectivity index (χ4v) is 2.76. The molecule has 3 N–H and O–H groups in total. The summed E-state index contributed by atoms with van der Waals surface area (Å²) in [6, 6.07) is 5.80. The lowest BCUT2D eigenvalue weighted by atomic mass is 10.0. The van der Waals surface area contributed by atoms with Gasteiger partial charge in [0.05, 0.1) is 20.8 Å². The lowest BCUT2D eigenvalue weighted by molar-refractivity contribution is 0.251. The molecule has 0 aliphatic carbocycles. The molecule has 1 aromatic carbocycles.